The molecule has 0 spiro atoms. The highest BCUT2D eigenvalue weighted by Gasteiger charge is 2.34. The lowest BCUT2D eigenvalue weighted by Gasteiger charge is -2.11. The summed E-state index contributed by atoms with van der Waals surface area (Å²) in [6.45, 7) is 0. The van der Waals surface area contributed by atoms with Crippen molar-refractivity contribution in [3.8, 4) is 17.1 Å². The summed E-state index contributed by atoms with van der Waals surface area (Å²) in [5.74, 6) is 0.128. The molecule has 0 fully saturated rings. The Morgan fingerprint density at radius 3 is 2.63 bits per heavy atom. The molecule has 30 heavy (non-hydrogen) atoms. The van der Waals surface area contributed by atoms with E-state index in [9.17, 15) is 18.0 Å². The van der Waals surface area contributed by atoms with Crippen LogP contribution < -0.4 is 5.32 Å². The molecule has 4 aromatic rings. The molecule has 2 aromatic carbocycles. The standard InChI is InChI=1S/C20H15F3N6O/c1-28-10-9-24-18(28)13-5-4-6-14(11-13)25-19(30)16-12-29(27-26-16)17-8-3-2-7-15(17)20(21,22)23/h2-12H,1H3,(H,25,30). The fourth-order valence-corrected chi connectivity index (χ4v) is 2.97. The van der Waals surface area contributed by atoms with Gasteiger partial charge in [0.15, 0.2) is 5.69 Å². The lowest BCUT2D eigenvalue weighted by molar-refractivity contribution is -0.137. The Balaban J connectivity index is 1.57. The quantitative estimate of drug-likeness (QED) is 0.551. The molecule has 0 atom stereocenters. The van der Waals surface area contributed by atoms with E-state index in [2.05, 4.69) is 20.6 Å². The number of carbonyl (C=O) groups is 1. The maximum Gasteiger partial charge on any atom is 0.418 e. The van der Waals surface area contributed by atoms with Crippen molar-refractivity contribution in [3.63, 3.8) is 0 Å². The number of halogens is 3. The maximum atomic E-state index is 13.2. The molecule has 0 aliphatic heterocycles. The highest BCUT2D eigenvalue weighted by molar-refractivity contribution is 6.02. The molecule has 0 saturated carbocycles. The Hall–Kier alpha value is -3.95. The van der Waals surface area contributed by atoms with Crippen LogP contribution in [0.25, 0.3) is 17.1 Å². The Kier molecular flexibility index (Phi) is 4.82. The zero-order chi connectivity index (χ0) is 21.3. The van der Waals surface area contributed by atoms with E-state index in [0.29, 0.717) is 5.69 Å². The lowest BCUT2D eigenvalue weighted by atomic mass is 10.1. The molecule has 152 valence electrons. The number of imidazole rings is 1. The number of aryl methyl sites for hydroxylation is 1. The van der Waals surface area contributed by atoms with Gasteiger partial charge >= 0.3 is 6.18 Å². The Bertz CT molecular complexity index is 1210. The molecule has 0 radical (unpaired) electrons. The molecule has 0 unspecified atom stereocenters. The molecule has 1 amide bonds. The number of rotatable bonds is 4. The van der Waals surface area contributed by atoms with E-state index in [4.69, 9.17) is 0 Å². The van der Waals surface area contributed by atoms with Crippen LogP contribution in [-0.4, -0.2) is 30.5 Å². The third kappa shape index (κ3) is 3.79. The van der Waals surface area contributed by atoms with Crippen LogP contribution in [0.4, 0.5) is 18.9 Å². The Morgan fingerprint density at radius 2 is 1.90 bits per heavy atom. The molecule has 2 aromatic heterocycles. The van der Waals surface area contributed by atoms with Gasteiger partial charge in [0.1, 0.15) is 5.82 Å². The third-order valence-corrected chi connectivity index (χ3v) is 4.38. The van der Waals surface area contributed by atoms with E-state index in [-0.39, 0.29) is 11.4 Å². The SMILES string of the molecule is Cn1ccnc1-c1cccc(NC(=O)c2cn(-c3ccccc3C(F)(F)F)nn2)c1. The minimum atomic E-state index is -4.56. The average Bonchev–Trinajstić information content (AvgIpc) is 3.37. The summed E-state index contributed by atoms with van der Waals surface area (Å²) < 4.78 is 42.4. The van der Waals surface area contributed by atoms with E-state index < -0.39 is 17.6 Å². The molecular formula is C20H15F3N6O. The average molecular weight is 412 g/mol. The van der Waals surface area contributed by atoms with Crippen LogP contribution in [-0.2, 0) is 13.2 Å². The van der Waals surface area contributed by atoms with E-state index in [1.54, 1.807) is 30.6 Å². The van der Waals surface area contributed by atoms with Gasteiger partial charge in [-0.25, -0.2) is 9.67 Å². The van der Waals surface area contributed by atoms with Crippen molar-refractivity contribution in [1.82, 2.24) is 24.5 Å². The molecule has 7 nitrogen and oxygen atoms in total. The number of nitrogens with one attached hydrogen (secondary N) is 1. The number of nitrogens with zero attached hydrogens (tertiary/aromatic N) is 5. The van der Waals surface area contributed by atoms with Crippen LogP contribution in [0, 0.1) is 0 Å². The molecular weight excluding hydrogens is 397 g/mol. The minimum absolute atomic E-state index is 0.116. The fourth-order valence-electron chi connectivity index (χ4n) is 2.97. The number of amides is 1. The number of alkyl halides is 3. The maximum absolute atomic E-state index is 13.2. The van der Waals surface area contributed by atoms with Gasteiger partial charge in [0.05, 0.1) is 17.4 Å². The molecule has 0 bridgehead atoms. The predicted octanol–water partition coefficient (Wildman–Crippen LogP) is 3.94. The second kappa shape index (κ2) is 7.47. The molecule has 4 rings (SSSR count). The Labute approximate surface area is 168 Å². The number of anilines is 1. The van der Waals surface area contributed by atoms with Crippen molar-refractivity contribution in [2.75, 3.05) is 5.32 Å². The van der Waals surface area contributed by atoms with Gasteiger partial charge in [-0.3, -0.25) is 4.79 Å². The first-order valence-corrected chi connectivity index (χ1v) is 8.81. The van der Waals surface area contributed by atoms with E-state index in [1.807, 2.05) is 17.7 Å². The summed E-state index contributed by atoms with van der Waals surface area (Å²) in [6.07, 6.45) is 0.0638. The van der Waals surface area contributed by atoms with Crippen molar-refractivity contribution in [3.05, 3.63) is 78.4 Å². The Morgan fingerprint density at radius 1 is 1.10 bits per heavy atom. The second-order valence-corrected chi connectivity index (χ2v) is 6.46. The van der Waals surface area contributed by atoms with Gasteiger partial charge in [-0.15, -0.1) is 5.10 Å². The van der Waals surface area contributed by atoms with Gasteiger partial charge in [-0.05, 0) is 24.3 Å². The van der Waals surface area contributed by atoms with Crippen LogP contribution in [0.1, 0.15) is 16.1 Å². The summed E-state index contributed by atoms with van der Waals surface area (Å²) in [7, 11) is 1.85. The summed E-state index contributed by atoms with van der Waals surface area (Å²) in [5.41, 5.74) is 0.0844. The van der Waals surface area contributed by atoms with Gasteiger partial charge in [0.2, 0.25) is 0 Å². The normalized spacial score (nSPS) is 11.5. The zero-order valence-corrected chi connectivity index (χ0v) is 15.6. The van der Waals surface area contributed by atoms with Gasteiger partial charge in [-0.2, -0.15) is 13.2 Å². The topological polar surface area (TPSA) is 77.6 Å². The summed E-state index contributed by atoms with van der Waals surface area (Å²) in [6, 6.07) is 12.0. The van der Waals surface area contributed by atoms with Crippen molar-refractivity contribution >= 4 is 11.6 Å². The smallest absolute Gasteiger partial charge is 0.334 e. The highest BCUT2D eigenvalue weighted by Crippen LogP contribution is 2.33. The highest BCUT2D eigenvalue weighted by atomic mass is 19.4. The lowest BCUT2D eigenvalue weighted by Crippen LogP contribution is -2.13. The summed E-state index contributed by atoms with van der Waals surface area (Å²) in [5, 5.41) is 10.1. The van der Waals surface area contributed by atoms with E-state index >= 15 is 0 Å². The minimum Gasteiger partial charge on any atom is -0.334 e. The number of para-hydroxylation sites is 1. The van der Waals surface area contributed by atoms with E-state index in [1.165, 1.54) is 18.2 Å². The summed E-state index contributed by atoms with van der Waals surface area (Å²) in [4.78, 5) is 16.8. The van der Waals surface area contributed by atoms with Crippen molar-refractivity contribution in [2.24, 2.45) is 7.05 Å². The molecule has 0 aliphatic carbocycles. The summed E-state index contributed by atoms with van der Waals surface area (Å²) >= 11 is 0. The third-order valence-electron chi connectivity index (χ3n) is 4.38. The van der Waals surface area contributed by atoms with Gasteiger partial charge in [-0.1, -0.05) is 29.5 Å². The van der Waals surface area contributed by atoms with Crippen LogP contribution >= 0.6 is 0 Å². The van der Waals surface area contributed by atoms with Gasteiger partial charge in [0, 0.05) is 30.7 Å². The predicted molar refractivity (Wildman–Crippen MR) is 103 cm³/mol. The largest absolute Gasteiger partial charge is 0.418 e. The first-order chi connectivity index (χ1) is 14.3. The number of aromatic nitrogens is 5. The van der Waals surface area contributed by atoms with Crippen LogP contribution in [0.5, 0.6) is 0 Å². The number of hydrogen-bond acceptors (Lipinski definition) is 4. The molecule has 0 aliphatic rings. The van der Waals surface area contributed by atoms with Crippen LogP contribution in [0.15, 0.2) is 67.1 Å². The van der Waals surface area contributed by atoms with Crippen LogP contribution in [0.3, 0.4) is 0 Å². The first kappa shape index (κ1) is 19.4. The van der Waals surface area contributed by atoms with E-state index in [0.717, 1.165) is 28.3 Å². The van der Waals surface area contributed by atoms with Gasteiger partial charge in [0.25, 0.3) is 5.91 Å². The molecule has 1 N–H and O–H groups in total. The molecule has 0 saturated heterocycles. The number of carbonyl (C=O) groups excluding carboxylic acids is 1. The zero-order valence-electron chi connectivity index (χ0n) is 15.6. The fraction of sp³-hybridized carbons (Fsp3) is 0.100. The van der Waals surface area contributed by atoms with Crippen LogP contribution in [0.2, 0.25) is 0 Å². The van der Waals surface area contributed by atoms with Gasteiger partial charge < -0.3 is 9.88 Å². The monoisotopic (exact) mass is 412 g/mol. The van der Waals surface area contributed by atoms with Crippen molar-refractivity contribution < 1.29 is 18.0 Å². The number of benzene rings is 2. The van der Waals surface area contributed by atoms with Crippen molar-refractivity contribution in [1.29, 1.82) is 0 Å². The number of hydrogen-bond donors (Lipinski definition) is 1. The first-order valence-electron chi connectivity index (χ1n) is 8.81. The van der Waals surface area contributed by atoms with Crippen molar-refractivity contribution in [2.45, 2.75) is 6.18 Å². The molecule has 10 heteroatoms. The molecule has 2 heterocycles. The second-order valence-electron chi connectivity index (χ2n) is 6.46.